The fourth-order valence-corrected chi connectivity index (χ4v) is 2.16. The standard InChI is InChI=1S/C10H10ClFN2O5S/c1-5(2)10(15)13-7-3-6(12)9(20(11,18)19)4-8(7)14(16)17/h3-5H,1-2H3,(H,13,15). The zero-order valence-corrected chi connectivity index (χ0v) is 12.0. The molecule has 0 atom stereocenters. The first-order valence-corrected chi connectivity index (χ1v) is 7.58. The monoisotopic (exact) mass is 324 g/mol. The minimum atomic E-state index is -4.47. The van der Waals surface area contributed by atoms with Crippen molar-refractivity contribution in [3.63, 3.8) is 0 Å². The fourth-order valence-electron chi connectivity index (χ4n) is 1.26. The molecule has 0 aliphatic carbocycles. The highest BCUT2D eigenvalue weighted by Gasteiger charge is 2.26. The highest BCUT2D eigenvalue weighted by Crippen LogP contribution is 2.31. The summed E-state index contributed by atoms with van der Waals surface area (Å²) in [7, 11) is 0.500. The van der Waals surface area contributed by atoms with Gasteiger partial charge >= 0.3 is 0 Å². The first kappa shape index (κ1) is 16.3. The van der Waals surface area contributed by atoms with E-state index in [1.165, 1.54) is 13.8 Å². The van der Waals surface area contributed by atoms with E-state index in [1.54, 1.807) is 0 Å². The van der Waals surface area contributed by atoms with Crippen molar-refractivity contribution in [3.05, 3.63) is 28.1 Å². The van der Waals surface area contributed by atoms with Crippen LogP contribution in [0.15, 0.2) is 17.0 Å². The van der Waals surface area contributed by atoms with Crippen LogP contribution in [0, 0.1) is 21.8 Å². The van der Waals surface area contributed by atoms with Crippen molar-refractivity contribution >= 4 is 37.0 Å². The van der Waals surface area contributed by atoms with Gasteiger partial charge in [0, 0.05) is 28.7 Å². The lowest BCUT2D eigenvalue weighted by molar-refractivity contribution is -0.384. The molecule has 0 spiro atoms. The van der Waals surface area contributed by atoms with Crippen molar-refractivity contribution in [3.8, 4) is 0 Å². The van der Waals surface area contributed by atoms with Gasteiger partial charge in [0.05, 0.1) is 4.92 Å². The van der Waals surface area contributed by atoms with E-state index in [0.29, 0.717) is 12.1 Å². The maximum atomic E-state index is 13.6. The van der Waals surface area contributed by atoms with Gasteiger partial charge in [0.15, 0.2) is 0 Å². The lowest BCUT2D eigenvalue weighted by atomic mass is 10.2. The lowest BCUT2D eigenvalue weighted by Gasteiger charge is -2.09. The van der Waals surface area contributed by atoms with Crippen LogP contribution < -0.4 is 5.32 Å². The fraction of sp³-hybridized carbons (Fsp3) is 0.300. The molecule has 0 saturated carbocycles. The number of amides is 1. The summed E-state index contributed by atoms with van der Waals surface area (Å²) in [4.78, 5) is 20.4. The second-order valence-corrected chi connectivity index (χ2v) is 6.67. The summed E-state index contributed by atoms with van der Waals surface area (Å²) in [6.07, 6.45) is 0. The number of nitro benzene ring substituents is 1. The van der Waals surface area contributed by atoms with Gasteiger partial charge in [0.2, 0.25) is 5.91 Å². The molecule has 1 rings (SSSR count). The van der Waals surface area contributed by atoms with Crippen LogP contribution >= 0.6 is 10.7 Å². The van der Waals surface area contributed by atoms with Crippen molar-refractivity contribution in [2.75, 3.05) is 5.32 Å². The summed E-state index contributed by atoms with van der Waals surface area (Å²) in [6, 6.07) is 1.02. The first-order valence-electron chi connectivity index (χ1n) is 5.27. The Morgan fingerprint density at radius 1 is 1.45 bits per heavy atom. The first-order chi connectivity index (χ1) is 9.04. The summed E-state index contributed by atoms with van der Waals surface area (Å²) < 4.78 is 35.8. The summed E-state index contributed by atoms with van der Waals surface area (Å²) >= 11 is 0. The third-order valence-corrected chi connectivity index (χ3v) is 3.63. The predicted molar refractivity (Wildman–Crippen MR) is 69.6 cm³/mol. The third kappa shape index (κ3) is 3.64. The molecule has 0 aromatic heterocycles. The molecule has 110 valence electrons. The Kier molecular flexibility index (Phi) is 4.66. The molecule has 0 radical (unpaired) electrons. The van der Waals surface area contributed by atoms with Crippen LogP contribution in [-0.2, 0) is 13.8 Å². The van der Waals surface area contributed by atoms with Crippen LogP contribution in [0.1, 0.15) is 13.8 Å². The summed E-state index contributed by atoms with van der Waals surface area (Å²) in [5, 5.41) is 13.0. The number of hydrogen-bond donors (Lipinski definition) is 1. The minimum absolute atomic E-state index is 0.435. The highest BCUT2D eigenvalue weighted by molar-refractivity contribution is 8.13. The number of nitro groups is 1. The Labute approximate surface area is 118 Å². The van der Waals surface area contributed by atoms with Gasteiger partial charge in [0.25, 0.3) is 14.7 Å². The molecule has 0 bridgehead atoms. The number of anilines is 1. The number of halogens is 2. The van der Waals surface area contributed by atoms with E-state index in [9.17, 15) is 27.7 Å². The van der Waals surface area contributed by atoms with Crippen molar-refractivity contribution in [2.24, 2.45) is 5.92 Å². The highest BCUT2D eigenvalue weighted by atomic mass is 35.7. The molecule has 0 heterocycles. The van der Waals surface area contributed by atoms with Gasteiger partial charge in [-0.25, -0.2) is 12.8 Å². The van der Waals surface area contributed by atoms with E-state index < -0.39 is 47.9 Å². The molecule has 1 aromatic rings. The van der Waals surface area contributed by atoms with Gasteiger partial charge in [0.1, 0.15) is 16.4 Å². The number of carbonyl (C=O) groups is 1. The zero-order valence-electron chi connectivity index (χ0n) is 10.4. The second-order valence-electron chi connectivity index (χ2n) is 4.14. The van der Waals surface area contributed by atoms with E-state index in [2.05, 4.69) is 5.32 Å². The smallest absolute Gasteiger partial charge is 0.294 e. The summed E-state index contributed by atoms with van der Waals surface area (Å²) in [6.45, 7) is 3.07. The van der Waals surface area contributed by atoms with Crippen LogP contribution in [-0.4, -0.2) is 19.2 Å². The molecule has 1 aromatic carbocycles. The Bertz CT molecular complexity index is 674. The molecule has 0 aliphatic rings. The Hall–Kier alpha value is -1.74. The van der Waals surface area contributed by atoms with Crippen LogP contribution in [0.2, 0.25) is 0 Å². The maximum Gasteiger partial charge on any atom is 0.294 e. The van der Waals surface area contributed by atoms with Crippen molar-refractivity contribution in [1.29, 1.82) is 0 Å². The predicted octanol–water partition coefficient (Wildman–Crippen LogP) is 2.26. The summed E-state index contributed by atoms with van der Waals surface area (Å²) in [5.74, 6) is -2.35. The van der Waals surface area contributed by atoms with E-state index in [-0.39, 0.29) is 0 Å². The molecule has 1 amide bonds. The average Bonchev–Trinajstić information content (AvgIpc) is 2.26. The Morgan fingerprint density at radius 3 is 2.40 bits per heavy atom. The number of benzene rings is 1. The Morgan fingerprint density at radius 2 is 2.00 bits per heavy atom. The molecule has 7 nitrogen and oxygen atoms in total. The van der Waals surface area contributed by atoms with E-state index >= 15 is 0 Å². The van der Waals surface area contributed by atoms with Crippen molar-refractivity contribution in [2.45, 2.75) is 18.7 Å². The van der Waals surface area contributed by atoms with Crippen LogP contribution in [0.4, 0.5) is 15.8 Å². The molecule has 20 heavy (non-hydrogen) atoms. The van der Waals surface area contributed by atoms with Crippen LogP contribution in [0.3, 0.4) is 0 Å². The quantitative estimate of drug-likeness (QED) is 0.519. The van der Waals surface area contributed by atoms with Gasteiger partial charge in [-0.2, -0.15) is 0 Å². The molecular weight excluding hydrogens is 315 g/mol. The van der Waals surface area contributed by atoms with Crippen LogP contribution in [0.25, 0.3) is 0 Å². The average molecular weight is 325 g/mol. The topological polar surface area (TPSA) is 106 Å². The minimum Gasteiger partial charge on any atom is -0.320 e. The SMILES string of the molecule is CC(C)C(=O)Nc1cc(F)c(S(=O)(=O)Cl)cc1[N+](=O)[O-]. The number of hydrogen-bond acceptors (Lipinski definition) is 5. The van der Waals surface area contributed by atoms with Gasteiger partial charge in [-0.15, -0.1) is 0 Å². The lowest BCUT2D eigenvalue weighted by Crippen LogP contribution is -2.19. The van der Waals surface area contributed by atoms with Crippen molar-refractivity contribution in [1.82, 2.24) is 0 Å². The van der Waals surface area contributed by atoms with E-state index in [0.717, 1.165) is 0 Å². The number of carbonyl (C=O) groups excluding carboxylic acids is 1. The van der Waals surface area contributed by atoms with Gasteiger partial charge in [-0.3, -0.25) is 14.9 Å². The van der Waals surface area contributed by atoms with Gasteiger partial charge in [-0.05, 0) is 0 Å². The third-order valence-electron chi connectivity index (χ3n) is 2.29. The second kappa shape index (κ2) is 5.71. The molecule has 0 unspecified atom stereocenters. The normalized spacial score (nSPS) is 11.4. The van der Waals surface area contributed by atoms with Gasteiger partial charge < -0.3 is 5.32 Å². The molecule has 0 saturated heterocycles. The van der Waals surface area contributed by atoms with Crippen molar-refractivity contribution < 1.29 is 22.5 Å². The maximum absolute atomic E-state index is 13.6. The zero-order chi connectivity index (χ0) is 15.7. The number of nitrogens with one attached hydrogen (secondary N) is 1. The Balaban J connectivity index is 3.43. The molecule has 10 heteroatoms. The van der Waals surface area contributed by atoms with Gasteiger partial charge in [-0.1, -0.05) is 13.8 Å². The number of nitrogens with zero attached hydrogens (tertiary/aromatic N) is 1. The summed E-state index contributed by atoms with van der Waals surface area (Å²) in [5.41, 5.74) is -1.20. The molecule has 1 N–H and O–H groups in total. The largest absolute Gasteiger partial charge is 0.320 e. The van der Waals surface area contributed by atoms with E-state index in [4.69, 9.17) is 10.7 Å². The van der Waals surface area contributed by atoms with Crippen LogP contribution in [0.5, 0.6) is 0 Å². The molecule has 0 fully saturated rings. The van der Waals surface area contributed by atoms with E-state index in [1.807, 2.05) is 0 Å². The molecule has 0 aliphatic heterocycles. The molecular formula is C10H10ClFN2O5S. The number of rotatable bonds is 4.